The molecule has 1 aromatic heterocycles. The molecule has 0 amide bonds. The van der Waals surface area contributed by atoms with Crippen molar-refractivity contribution in [1.82, 2.24) is 5.32 Å². The number of rotatable bonds is 3. The van der Waals surface area contributed by atoms with Crippen molar-refractivity contribution in [2.75, 3.05) is 7.05 Å². The Morgan fingerprint density at radius 1 is 1.11 bits per heavy atom. The van der Waals surface area contributed by atoms with Crippen LogP contribution in [0, 0.1) is 5.82 Å². The normalized spacial score (nSPS) is 11.1. The SMILES string of the molecule is CNCc1ccccc1-c1cc2cccc(F)c2o1. The van der Waals surface area contributed by atoms with Crippen LogP contribution in [-0.4, -0.2) is 7.05 Å². The van der Waals surface area contributed by atoms with Crippen molar-refractivity contribution in [2.45, 2.75) is 6.54 Å². The first kappa shape index (κ1) is 11.9. The molecule has 0 unspecified atom stereocenters. The van der Waals surface area contributed by atoms with E-state index in [-0.39, 0.29) is 5.82 Å². The van der Waals surface area contributed by atoms with E-state index >= 15 is 0 Å². The fourth-order valence-corrected chi connectivity index (χ4v) is 2.27. The molecule has 1 heterocycles. The highest BCUT2D eigenvalue weighted by Crippen LogP contribution is 2.31. The number of nitrogens with one attached hydrogen (secondary N) is 1. The van der Waals surface area contributed by atoms with Crippen LogP contribution in [0.15, 0.2) is 52.9 Å². The minimum absolute atomic E-state index is 0.316. The topological polar surface area (TPSA) is 25.2 Å². The van der Waals surface area contributed by atoms with E-state index in [4.69, 9.17) is 4.42 Å². The maximum absolute atomic E-state index is 13.7. The van der Waals surface area contributed by atoms with Crippen LogP contribution in [-0.2, 0) is 6.54 Å². The lowest BCUT2D eigenvalue weighted by molar-refractivity contribution is 0.568. The van der Waals surface area contributed by atoms with Crippen molar-refractivity contribution in [1.29, 1.82) is 0 Å². The molecule has 3 heteroatoms. The molecule has 0 aliphatic heterocycles. The predicted molar refractivity (Wildman–Crippen MR) is 74.4 cm³/mol. The Morgan fingerprint density at radius 3 is 2.74 bits per heavy atom. The molecule has 0 atom stereocenters. The largest absolute Gasteiger partial charge is 0.453 e. The molecule has 0 aliphatic carbocycles. The van der Waals surface area contributed by atoms with E-state index in [0.717, 1.165) is 23.1 Å². The van der Waals surface area contributed by atoms with Crippen molar-refractivity contribution < 1.29 is 8.81 Å². The zero-order valence-corrected chi connectivity index (χ0v) is 10.6. The van der Waals surface area contributed by atoms with Crippen LogP contribution in [0.5, 0.6) is 0 Å². The van der Waals surface area contributed by atoms with Gasteiger partial charge in [-0.05, 0) is 24.7 Å². The average molecular weight is 255 g/mol. The number of furan rings is 1. The van der Waals surface area contributed by atoms with Crippen molar-refractivity contribution in [3.8, 4) is 11.3 Å². The van der Waals surface area contributed by atoms with Gasteiger partial charge in [0, 0.05) is 17.5 Å². The van der Waals surface area contributed by atoms with Gasteiger partial charge in [-0.25, -0.2) is 4.39 Å². The summed E-state index contributed by atoms with van der Waals surface area (Å²) in [5, 5.41) is 3.91. The van der Waals surface area contributed by atoms with Crippen LogP contribution in [0.3, 0.4) is 0 Å². The van der Waals surface area contributed by atoms with Gasteiger partial charge in [-0.15, -0.1) is 0 Å². The number of hydrogen-bond donors (Lipinski definition) is 1. The van der Waals surface area contributed by atoms with Crippen LogP contribution in [0.4, 0.5) is 4.39 Å². The highest BCUT2D eigenvalue weighted by Gasteiger charge is 2.11. The first-order valence-corrected chi connectivity index (χ1v) is 6.20. The Bertz CT molecular complexity index is 718. The van der Waals surface area contributed by atoms with Gasteiger partial charge in [0.05, 0.1) is 0 Å². The van der Waals surface area contributed by atoms with E-state index in [9.17, 15) is 4.39 Å². The standard InChI is InChI=1S/C16H14FNO/c1-18-10-12-5-2-3-7-13(12)15-9-11-6-4-8-14(17)16(11)19-15/h2-9,18H,10H2,1H3. The van der Waals surface area contributed by atoms with E-state index < -0.39 is 0 Å². The molecule has 0 aliphatic rings. The molecule has 0 fully saturated rings. The average Bonchev–Trinajstić information content (AvgIpc) is 2.85. The van der Waals surface area contributed by atoms with E-state index in [0.29, 0.717) is 11.3 Å². The summed E-state index contributed by atoms with van der Waals surface area (Å²) in [6.07, 6.45) is 0. The van der Waals surface area contributed by atoms with E-state index in [2.05, 4.69) is 5.32 Å². The molecule has 2 aromatic carbocycles. The number of halogens is 1. The minimum atomic E-state index is -0.324. The molecule has 96 valence electrons. The van der Waals surface area contributed by atoms with Gasteiger partial charge in [-0.2, -0.15) is 0 Å². The predicted octanol–water partition coefficient (Wildman–Crippen LogP) is 3.96. The fraction of sp³-hybridized carbons (Fsp3) is 0.125. The summed E-state index contributed by atoms with van der Waals surface area (Å²) in [7, 11) is 1.90. The van der Waals surface area contributed by atoms with Gasteiger partial charge in [-0.1, -0.05) is 36.4 Å². The van der Waals surface area contributed by atoms with Crippen molar-refractivity contribution in [2.24, 2.45) is 0 Å². The summed E-state index contributed by atoms with van der Waals surface area (Å²) in [6, 6.07) is 14.8. The Labute approximate surface area is 110 Å². The van der Waals surface area contributed by atoms with Crippen LogP contribution in [0.2, 0.25) is 0 Å². The van der Waals surface area contributed by atoms with Gasteiger partial charge in [0.1, 0.15) is 5.76 Å². The summed E-state index contributed by atoms with van der Waals surface area (Å²) in [5.74, 6) is 0.376. The summed E-state index contributed by atoms with van der Waals surface area (Å²) >= 11 is 0. The number of para-hydroxylation sites is 1. The van der Waals surface area contributed by atoms with E-state index in [1.165, 1.54) is 6.07 Å². The van der Waals surface area contributed by atoms with Crippen molar-refractivity contribution in [3.63, 3.8) is 0 Å². The molecule has 3 rings (SSSR count). The molecular weight excluding hydrogens is 241 g/mol. The second-order valence-corrected chi connectivity index (χ2v) is 4.46. The quantitative estimate of drug-likeness (QED) is 0.766. The first-order chi connectivity index (χ1) is 9.29. The van der Waals surface area contributed by atoms with Gasteiger partial charge in [0.25, 0.3) is 0 Å². The van der Waals surface area contributed by atoms with Crippen LogP contribution < -0.4 is 5.32 Å². The molecule has 1 N–H and O–H groups in total. The van der Waals surface area contributed by atoms with Gasteiger partial charge < -0.3 is 9.73 Å². The summed E-state index contributed by atoms with van der Waals surface area (Å²) in [5.41, 5.74) is 2.44. The van der Waals surface area contributed by atoms with Crippen LogP contribution >= 0.6 is 0 Å². The Kier molecular flexibility index (Phi) is 3.05. The van der Waals surface area contributed by atoms with Gasteiger partial charge >= 0.3 is 0 Å². The lowest BCUT2D eigenvalue weighted by atomic mass is 10.1. The van der Waals surface area contributed by atoms with Crippen LogP contribution in [0.25, 0.3) is 22.3 Å². The Morgan fingerprint density at radius 2 is 1.95 bits per heavy atom. The lowest BCUT2D eigenvalue weighted by Crippen LogP contribution is -2.05. The maximum atomic E-state index is 13.7. The summed E-state index contributed by atoms with van der Waals surface area (Å²) in [4.78, 5) is 0. The van der Waals surface area contributed by atoms with Gasteiger partial charge in [0.2, 0.25) is 0 Å². The third kappa shape index (κ3) is 2.13. The summed E-state index contributed by atoms with van der Waals surface area (Å²) in [6.45, 7) is 0.746. The smallest absolute Gasteiger partial charge is 0.170 e. The van der Waals surface area contributed by atoms with Gasteiger partial charge in [0.15, 0.2) is 11.4 Å². The second-order valence-electron chi connectivity index (χ2n) is 4.46. The van der Waals surface area contributed by atoms with Crippen molar-refractivity contribution in [3.05, 3.63) is 59.9 Å². The van der Waals surface area contributed by atoms with Crippen molar-refractivity contribution >= 4 is 11.0 Å². The molecule has 0 saturated carbocycles. The highest BCUT2D eigenvalue weighted by molar-refractivity contribution is 5.83. The van der Waals surface area contributed by atoms with E-state index in [1.54, 1.807) is 6.07 Å². The van der Waals surface area contributed by atoms with E-state index in [1.807, 2.05) is 43.4 Å². The monoisotopic (exact) mass is 255 g/mol. The highest BCUT2D eigenvalue weighted by atomic mass is 19.1. The number of benzene rings is 2. The zero-order chi connectivity index (χ0) is 13.2. The first-order valence-electron chi connectivity index (χ1n) is 6.20. The molecule has 0 spiro atoms. The summed E-state index contributed by atoms with van der Waals surface area (Å²) < 4.78 is 19.3. The molecule has 0 saturated heterocycles. The Balaban J connectivity index is 2.17. The molecule has 2 nitrogen and oxygen atoms in total. The number of hydrogen-bond acceptors (Lipinski definition) is 2. The minimum Gasteiger partial charge on any atom is -0.453 e. The number of fused-ring (bicyclic) bond motifs is 1. The molecule has 3 aromatic rings. The molecule has 0 radical (unpaired) electrons. The third-order valence-corrected chi connectivity index (χ3v) is 3.15. The lowest BCUT2D eigenvalue weighted by Gasteiger charge is -2.05. The van der Waals surface area contributed by atoms with Crippen LogP contribution in [0.1, 0.15) is 5.56 Å². The molecule has 19 heavy (non-hydrogen) atoms. The third-order valence-electron chi connectivity index (χ3n) is 3.15. The Hall–Kier alpha value is -2.13. The zero-order valence-electron chi connectivity index (χ0n) is 10.6. The second kappa shape index (κ2) is 4.86. The molecular formula is C16H14FNO. The van der Waals surface area contributed by atoms with Gasteiger partial charge in [-0.3, -0.25) is 0 Å². The fourth-order valence-electron chi connectivity index (χ4n) is 2.27. The maximum Gasteiger partial charge on any atom is 0.170 e. The molecule has 0 bridgehead atoms.